The second-order valence-electron chi connectivity index (χ2n) is 8.34. The van der Waals surface area contributed by atoms with Crippen molar-refractivity contribution in [3.05, 3.63) is 59.1 Å². The highest BCUT2D eigenvalue weighted by atomic mass is 35.5. The number of amides is 1. The van der Waals surface area contributed by atoms with Gasteiger partial charge in [0.25, 0.3) is 10.0 Å². The summed E-state index contributed by atoms with van der Waals surface area (Å²) in [6, 6.07) is 10.1. The van der Waals surface area contributed by atoms with E-state index in [9.17, 15) is 26.4 Å². The van der Waals surface area contributed by atoms with E-state index in [2.05, 4.69) is 5.32 Å². The molecule has 2 fully saturated rings. The van der Waals surface area contributed by atoms with Gasteiger partial charge in [0.1, 0.15) is 6.54 Å². The number of anilines is 1. The molecule has 10 heteroatoms. The lowest BCUT2D eigenvalue weighted by Crippen LogP contribution is -2.46. The molecule has 4 rings (SSSR count). The molecule has 2 aliphatic rings. The normalized spacial score (nSPS) is 22.7. The maximum atomic E-state index is 13.4. The molecule has 172 valence electrons. The number of nitrogens with zero attached hydrogens (tertiary/aromatic N) is 1. The third kappa shape index (κ3) is 4.59. The molecule has 0 aromatic heterocycles. The Morgan fingerprint density at radius 1 is 1.09 bits per heavy atom. The molecule has 0 aliphatic heterocycles. The summed E-state index contributed by atoms with van der Waals surface area (Å²) in [6.45, 7) is -0.635. The van der Waals surface area contributed by atoms with Crippen molar-refractivity contribution in [1.29, 1.82) is 0 Å². The molecule has 2 aromatic carbocycles. The Morgan fingerprint density at radius 2 is 1.81 bits per heavy atom. The molecule has 0 saturated heterocycles. The molecule has 2 aromatic rings. The fourth-order valence-electron chi connectivity index (χ4n) is 4.72. The van der Waals surface area contributed by atoms with Crippen LogP contribution in [0, 0.1) is 11.8 Å². The van der Waals surface area contributed by atoms with Gasteiger partial charge in [-0.25, -0.2) is 8.42 Å². The third-order valence-electron chi connectivity index (χ3n) is 6.25. The Balaban J connectivity index is 1.67. The number of sulfonamides is 1. The minimum Gasteiger partial charge on any atom is -0.352 e. The van der Waals surface area contributed by atoms with E-state index in [1.165, 1.54) is 30.3 Å². The molecule has 2 saturated carbocycles. The summed E-state index contributed by atoms with van der Waals surface area (Å²) in [5.74, 6) is 0.390. The number of benzene rings is 2. The van der Waals surface area contributed by atoms with Gasteiger partial charge in [-0.15, -0.1) is 0 Å². The number of fused-ring (bicyclic) bond motifs is 2. The van der Waals surface area contributed by atoms with Crippen molar-refractivity contribution in [2.75, 3.05) is 10.8 Å². The summed E-state index contributed by atoms with van der Waals surface area (Å²) < 4.78 is 67.5. The second-order valence-corrected chi connectivity index (χ2v) is 10.6. The zero-order chi connectivity index (χ0) is 23.1. The fourth-order valence-corrected chi connectivity index (χ4v) is 6.38. The van der Waals surface area contributed by atoms with Gasteiger partial charge < -0.3 is 5.32 Å². The van der Waals surface area contributed by atoms with Crippen molar-refractivity contribution in [2.45, 2.75) is 42.8 Å². The van der Waals surface area contributed by atoms with Crippen LogP contribution in [0.2, 0.25) is 5.02 Å². The Bertz CT molecular complexity index is 1110. The van der Waals surface area contributed by atoms with Crippen LogP contribution in [-0.2, 0) is 21.0 Å². The van der Waals surface area contributed by atoms with Crippen LogP contribution in [0.1, 0.15) is 31.2 Å². The maximum Gasteiger partial charge on any atom is 0.417 e. The van der Waals surface area contributed by atoms with Gasteiger partial charge in [-0.3, -0.25) is 9.10 Å². The van der Waals surface area contributed by atoms with E-state index < -0.39 is 39.2 Å². The highest BCUT2D eigenvalue weighted by Crippen LogP contribution is 2.44. The van der Waals surface area contributed by atoms with Gasteiger partial charge in [0, 0.05) is 6.04 Å². The molecule has 5 nitrogen and oxygen atoms in total. The molecule has 1 amide bonds. The van der Waals surface area contributed by atoms with E-state index in [-0.39, 0.29) is 16.6 Å². The molecule has 2 aliphatic carbocycles. The number of carbonyl (C=O) groups is 1. The monoisotopic (exact) mass is 486 g/mol. The van der Waals surface area contributed by atoms with Gasteiger partial charge >= 0.3 is 6.18 Å². The number of hydrogen-bond donors (Lipinski definition) is 1. The van der Waals surface area contributed by atoms with Crippen molar-refractivity contribution in [3.8, 4) is 0 Å². The molecule has 0 heterocycles. The minimum atomic E-state index is -4.78. The SMILES string of the molecule is O=C(CN(c1ccc(Cl)c(C(F)(F)F)c1)S(=O)(=O)c1ccccc1)NC1CC2CCC1C2. The zero-order valence-electron chi connectivity index (χ0n) is 17.0. The molecule has 1 N–H and O–H groups in total. The average Bonchev–Trinajstić information content (AvgIpc) is 3.35. The van der Waals surface area contributed by atoms with Gasteiger partial charge in [0.2, 0.25) is 5.91 Å². The Labute approximate surface area is 189 Å². The topological polar surface area (TPSA) is 66.5 Å². The first kappa shape index (κ1) is 22.9. The summed E-state index contributed by atoms with van der Waals surface area (Å²) in [5, 5.41) is 2.35. The van der Waals surface area contributed by atoms with E-state index >= 15 is 0 Å². The van der Waals surface area contributed by atoms with Crippen LogP contribution in [0.3, 0.4) is 0 Å². The van der Waals surface area contributed by atoms with Crippen molar-refractivity contribution < 1.29 is 26.4 Å². The number of rotatable bonds is 6. The lowest BCUT2D eigenvalue weighted by molar-refractivity contribution is -0.137. The van der Waals surface area contributed by atoms with Crippen LogP contribution in [0.4, 0.5) is 18.9 Å². The summed E-state index contributed by atoms with van der Waals surface area (Å²) in [7, 11) is -4.31. The maximum absolute atomic E-state index is 13.4. The lowest BCUT2D eigenvalue weighted by Gasteiger charge is -2.27. The molecule has 32 heavy (non-hydrogen) atoms. The van der Waals surface area contributed by atoms with Gasteiger partial charge in [-0.2, -0.15) is 13.2 Å². The fraction of sp³-hybridized carbons (Fsp3) is 0.409. The van der Waals surface area contributed by atoms with Crippen LogP contribution in [0.25, 0.3) is 0 Å². The van der Waals surface area contributed by atoms with E-state index in [0.29, 0.717) is 22.2 Å². The van der Waals surface area contributed by atoms with E-state index in [1.807, 2.05) is 0 Å². The molecular weight excluding hydrogens is 465 g/mol. The van der Waals surface area contributed by atoms with Crippen LogP contribution in [-0.4, -0.2) is 26.9 Å². The number of halogens is 4. The predicted octanol–water partition coefficient (Wildman–Crippen LogP) is 4.86. The predicted molar refractivity (Wildman–Crippen MR) is 115 cm³/mol. The van der Waals surface area contributed by atoms with Gasteiger partial charge in [0.15, 0.2) is 0 Å². The summed E-state index contributed by atoms with van der Waals surface area (Å²) in [4.78, 5) is 12.7. The smallest absolute Gasteiger partial charge is 0.352 e. The first-order valence-electron chi connectivity index (χ1n) is 10.3. The quantitative estimate of drug-likeness (QED) is 0.634. The molecule has 3 atom stereocenters. The molecular formula is C22H22ClF3N2O3S. The largest absolute Gasteiger partial charge is 0.417 e. The minimum absolute atomic E-state index is 0.0292. The number of nitrogens with one attached hydrogen (secondary N) is 1. The zero-order valence-corrected chi connectivity index (χ0v) is 18.6. The van der Waals surface area contributed by atoms with Gasteiger partial charge in [-0.1, -0.05) is 36.2 Å². The number of alkyl halides is 3. The molecule has 3 unspecified atom stereocenters. The molecule has 0 spiro atoms. The lowest BCUT2D eigenvalue weighted by atomic mass is 9.95. The van der Waals surface area contributed by atoms with Crippen molar-refractivity contribution in [3.63, 3.8) is 0 Å². The summed E-state index contributed by atoms with van der Waals surface area (Å²) in [5.41, 5.74) is -1.45. The van der Waals surface area contributed by atoms with Gasteiger partial charge in [0.05, 0.1) is 21.2 Å². The summed E-state index contributed by atoms with van der Waals surface area (Å²) in [6.07, 6.45) is -0.727. The van der Waals surface area contributed by atoms with Crippen LogP contribution in [0.15, 0.2) is 53.4 Å². The van der Waals surface area contributed by atoms with Crippen molar-refractivity contribution in [1.82, 2.24) is 5.32 Å². The van der Waals surface area contributed by atoms with Gasteiger partial charge in [-0.05, 0) is 61.4 Å². The van der Waals surface area contributed by atoms with E-state index in [1.54, 1.807) is 6.07 Å². The first-order chi connectivity index (χ1) is 15.1. The highest BCUT2D eigenvalue weighted by molar-refractivity contribution is 7.92. The average molecular weight is 487 g/mol. The molecule has 0 radical (unpaired) electrons. The van der Waals surface area contributed by atoms with Crippen LogP contribution < -0.4 is 9.62 Å². The third-order valence-corrected chi connectivity index (χ3v) is 8.36. The van der Waals surface area contributed by atoms with Crippen LogP contribution >= 0.6 is 11.6 Å². The highest BCUT2D eigenvalue weighted by Gasteiger charge is 2.41. The van der Waals surface area contributed by atoms with Crippen molar-refractivity contribution in [2.24, 2.45) is 11.8 Å². The van der Waals surface area contributed by atoms with E-state index in [0.717, 1.165) is 31.7 Å². The Hall–Kier alpha value is -2.26. The van der Waals surface area contributed by atoms with E-state index in [4.69, 9.17) is 11.6 Å². The molecule has 2 bridgehead atoms. The second kappa shape index (κ2) is 8.59. The van der Waals surface area contributed by atoms with Crippen molar-refractivity contribution >= 4 is 33.2 Å². The first-order valence-corrected chi connectivity index (χ1v) is 12.1. The Morgan fingerprint density at radius 3 is 2.41 bits per heavy atom. The van der Waals surface area contributed by atoms with Crippen LogP contribution in [0.5, 0.6) is 0 Å². The number of hydrogen-bond acceptors (Lipinski definition) is 3. The summed E-state index contributed by atoms with van der Waals surface area (Å²) >= 11 is 5.70. The number of carbonyl (C=O) groups excluding carboxylic acids is 1. The Kier molecular flexibility index (Phi) is 6.15. The standard InChI is InChI=1S/C22H22ClF3N2O3S/c23-19-9-8-16(12-18(19)22(24,25)26)28(32(30,31)17-4-2-1-3-5-17)13-21(29)27-20-11-14-6-7-15(20)10-14/h1-5,8-9,12,14-15,20H,6-7,10-11,13H2,(H,27,29).